The molecular formula is C32H39N3O7. The molecule has 0 aliphatic heterocycles. The van der Waals surface area contributed by atoms with E-state index in [-0.39, 0.29) is 51.1 Å². The Bertz CT molecular complexity index is 1350. The summed E-state index contributed by atoms with van der Waals surface area (Å²) in [5.41, 5.74) is 1.57. The minimum atomic E-state index is -1.58. The van der Waals surface area contributed by atoms with Gasteiger partial charge in [-0.25, -0.2) is 14.4 Å². The topological polar surface area (TPSA) is 134 Å². The summed E-state index contributed by atoms with van der Waals surface area (Å²) in [5, 5.41) is 17.9. The van der Waals surface area contributed by atoms with Gasteiger partial charge in [0, 0.05) is 19.9 Å². The molecule has 10 nitrogen and oxygen atoms in total. The second-order valence-corrected chi connectivity index (χ2v) is 10.4. The number of amides is 3. The molecule has 3 N–H and O–H groups in total. The number of nitrogens with one attached hydrogen (secondary N) is 2. The SMILES string of the molecule is CC(=O)NCCOC(=O)[C@H](Cc1ccc2ccccc2c1)NC(=O)N(CC(C)C)C[C@H](O)C(=O)OCc1ccccc1. The van der Waals surface area contributed by atoms with Crippen molar-refractivity contribution >= 4 is 34.6 Å². The molecule has 0 aliphatic rings. The number of hydrogen-bond acceptors (Lipinski definition) is 7. The predicted molar refractivity (Wildman–Crippen MR) is 158 cm³/mol. The van der Waals surface area contributed by atoms with E-state index in [0.29, 0.717) is 0 Å². The van der Waals surface area contributed by atoms with E-state index in [9.17, 15) is 24.3 Å². The highest BCUT2D eigenvalue weighted by molar-refractivity contribution is 5.86. The quantitative estimate of drug-likeness (QED) is 0.198. The normalized spacial score (nSPS) is 12.3. The molecule has 42 heavy (non-hydrogen) atoms. The molecule has 0 heterocycles. The van der Waals surface area contributed by atoms with Gasteiger partial charge >= 0.3 is 18.0 Å². The predicted octanol–water partition coefficient (Wildman–Crippen LogP) is 3.20. The van der Waals surface area contributed by atoms with Crippen LogP contribution in [0.25, 0.3) is 10.8 Å². The second kappa shape index (κ2) is 16.1. The Morgan fingerprint density at radius 1 is 0.833 bits per heavy atom. The molecule has 0 fully saturated rings. The number of aliphatic hydroxyl groups excluding tert-OH is 1. The zero-order valence-electron chi connectivity index (χ0n) is 24.2. The number of benzene rings is 3. The largest absolute Gasteiger partial charge is 0.462 e. The number of fused-ring (bicyclic) bond motifs is 1. The summed E-state index contributed by atoms with van der Waals surface area (Å²) in [7, 11) is 0. The fraction of sp³-hybridized carbons (Fsp3) is 0.375. The number of esters is 2. The van der Waals surface area contributed by atoms with Crippen LogP contribution in [0.2, 0.25) is 0 Å². The molecule has 0 radical (unpaired) electrons. The summed E-state index contributed by atoms with van der Waals surface area (Å²) in [5.74, 6) is -1.77. The van der Waals surface area contributed by atoms with Crippen molar-refractivity contribution < 1.29 is 33.8 Å². The molecular weight excluding hydrogens is 538 g/mol. The van der Waals surface area contributed by atoms with Crippen LogP contribution in [0.15, 0.2) is 72.8 Å². The van der Waals surface area contributed by atoms with Gasteiger partial charge in [-0.2, -0.15) is 0 Å². The number of hydrogen-bond donors (Lipinski definition) is 3. The number of urea groups is 1. The maximum atomic E-state index is 13.4. The number of nitrogens with zero attached hydrogens (tertiary/aromatic N) is 1. The number of ether oxygens (including phenoxy) is 2. The van der Waals surface area contributed by atoms with Crippen LogP contribution >= 0.6 is 0 Å². The van der Waals surface area contributed by atoms with Crippen molar-refractivity contribution in [3.63, 3.8) is 0 Å². The van der Waals surface area contributed by atoms with Crippen molar-refractivity contribution in [1.29, 1.82) is 0 Å². The maximum absolute atomic E-state index is 13.4. The van der Waals surface area contributed by atoms with Crippen molar-refractivity contribution in [3.8, 4) is 0 Å². The van der Waals surface area contributed by atoms with Crippen LogP contribution in [0.4, 0.5) is 4.79 Å². The number of carbonyl (C=O) groups is 4. The van der Waals surface area contributed by atoms with Crippen LogP contribution in [-0.4, -0.2) is 72.3 Å². The van der Waals surface area contributed by atoms with Gasteiger partial charge in [0.05, 0.1) is 13.1 Å². The van der Waals surface area contributed by atoms with E-state index in [4.69, 9.17) is 9.47 Å². The highest BCUT2D eigenvalue weighted by Crippen LogP contribution is 2.17. The lowest BCUT2D eigenvalue weighted by molar-refractivity contribution is -0.155. The second-order valence-electron chi connectivity index (χ2n) is 10.4. The minimum Gasteiger partial charge on any atom is -0.462 e. The van der Waals surface area contributed by atoms with Gasteiger partial charge in [0.1, 0.15) is 19.3 Å². The average molecular weight is 578 g/mol. The smallest absolute Gasteiger partial charge is 0.337 e. The first-order valence-corrected chi connectivity index (χ1v) is 13.9. The van der Waals surface area contributed by atoms with Gasteiger partial charge in [-0.05, 0) is 27.8 Å². The van der Waals surface area contributed by atoms with Crippen LogP contribution < -0.4 is 10.6 Å². The maximum Gasteiger partial charge on any atom is 0.337 e. The molecule has 3 amide bonds. The van der Waals surface area contributed by atoms with E-state index >= 15 is 0 Å². The number of aliphatic hydroxyl groups is 1. The third-order valence-electron chi connectivity index (χ3n) is 6.32. The van der Waals surface area contributed by atoms with Gasteiger partial charge in [0.25, 0.3) is 0 Å². The monoisotopic (exact) mass is 577 g/mol. The summed E-state index contributed by atoms with van der Waals surface area (Å²) >= 11 is 0. The summed E-state index contributed by atoms with van der Waals surface area (Å²) in [6.07, 6.45) is -1.44. The van der Waals surface area contributed by atoms with Crippen molar-refractivity contribution in [1.82, 2.24) is 15.5 Å². The molecule has 224 valence electrons. The van der Waals surface area contributed by atoms with Gasteiger partial charge in [-0.3, -0.25) is 4.79 Å². The van der Waals surface area contributed by atoms with Gasteiger partial charge < -0.3 is 30.1 Å². The Morgan fingerprint density at radius 2 is 1.52 bits per heavy atom. The Morgan fingerprint density at radius 3 is 2.21 bits per heavy atom. The minimum absolute atomic E-state index is 0.00633. The molecule has 0 aliphatic carbocycles. The first kappa shape index (κ1) is 32.1. The van der Waals surface area contributed by atoms with Crippen LogP contribution in [0.3, 0.4) is 0 Å². The van der Waals surface area contributed by atoms with Gasteiger partial charge in [-0.1, -0.05) is 86.6 Å². The first-order chi connectivity index (χ1) is 20.1. The summed E-state index contributed by atoms with van der Waals surface area (Å²) in [6.45, 7) is 5.10. The van der Waals surface area contributed by atoms with Crippen LogP contribution in [-0.2, 0) is 36.9 Å². The average Bonchev–Trinajstić information content (AvgIpc) is 2.97. The fourth-order valence-electron chi connectivity index (χ4n) is 4.30. The van der Waals surface area contributed by atoms with Crippen molar-refractivity contribution in [3.05, 3.63) is 83.9 Å². The lowest BCUT2D eigenvalue weighted by Gasteiger charge is -2.28. The van der Waals surface area contributed by atoms with E-state index in [1.54, 1.807) is 12.1 Å². The molecule has 0 spiro atoms. The molecule has 3 rings (SSSR count). The third-order valence-corrected chi connectivity index (χ3v) is 6.32. The van der Waals surface area contributed by atoms with Crippen LogP contribution in [0.5, 0.6) is 0 Å². The number of carbonyl (C=O) groups excluding carboxylic acids is 4. The molecule has 10 heteroatoms. The van der Waals surface area contributed by atoms with Crippen molar-refractivity contribution in [2.75, 3.05) is 26.2 Å². The molecule has 0 saturated heterocycles. The first-order valence-electron chi connectivity index (χ1n) is 13.9. The lowest BCUT2D eigenvalue weighted by Crippen LogP contribution is -2.52. The fourth-order valence-corrected chi connectivity index (χ4v) is 4.30. The molecule has 3 aromatic rings. The Balaban J connectivity index is 1.71. The highest BCUT2D eigenvalue weighted by atomic mass is 16.5. The summed E-state index contributed by atoms with van der Waals surface area (Å²) < 4.78 is 10.6. The van der Waals surface area contributed by atoms with Gasteiger partial charge in [0.2, 0.25) is 5.91 Å². The molecule has 2 atom stereocenters. The third kappa shape index (κ3) is 10.5. The molecule has 0 unspecified atom stereocenters. The van der Waals surface area contributed by atoms with E-state index < -0.39 is 30.1 Å². The molecule has 3 aromatic carbocycles. The van der Waals surface area contributed by atoms with Gasteiger partial charge in [0.15, 0.2) is 6.10 Å². The molecule has 0 saturated carbocycles. The van der Waals surface area contributed by atoms with Crippen LogP contribution in [0.1, 0.15) is 31.9 Å². The summed E-state index contributed by atoms with van der Waals surface area (Å²) in [4.78, 5) is 51.5. The van der Waals surface area contributed by atoms with E-state index in [2.05, 4.69) is 10.6 Å². The summed E-state index contributed by atoms with van der Waals surface area (Å²) in [6, 6.07) is 20.9. The Kier molecular flexibility index (Phi) is 12.3. The Labute approximate surface area is 246 Å². The van der Waals surface area contributed by atoms with E-state index in [0.717, 1.165) is 21.9 Å². The van der Waals surface area contributed by atoms with Crippen molar-refractivity contribution in [2.45, 2.75) is 45.9 Å². The zero-order chi connectivity index (χ0) is 30.5. The Hall–Kier alpha value is -4.44. The van der Waals surface area contributed by atoms with Crippen molar-refractivity contribution in [2.24, 2.45) is 5.92 Å². The van der Waals surface area contributed by atoms with E-state index in [1.807, 2.05) is 74.5 Å². The standard InChI is InChI=1S/C32H39N3O7/c1-22(2)19-35(20-29(37)31(39)42-21-24-9-5-4-6-10-24)32(40)34-28(30(38)41-16-15-33-23(3)36)18-25-13-14-26-11-7-8-12-27(26)17-25/h4-14,17,22,28-29,37H,15-16,18-21H2,1-3H3,(H,33,36)(H,34,40)/t28-,29-/m0/s1. The van der Waals surface area contributed by atoms with Crippen LogP contribution in [0, 0.1) is 5.92 Å². The highest BCUT2D eigenvalue weighted by Gasteiger charge is 2.29. The number of rotatable bonds is 14. The zero-order valence-corrected chi connectivity index (χ0v) is 24.2. The molecule has 0 bridgehead atoms. The molecule has 0 aromatic heterocycles. The van der Waals surface area contributed by atoms with Gasteiger partial charge in [-0.15, -0.1) is 0 Å². The van der Waals surface area contributed by atoms with E-state index in [1.165, 1.54) is 11.8 Å². The lowest BCUT2D eigenvalue weighted by atomic mass is 10.0.